The van der Waals surface area contributed by atoms with Crippen molar-refractivity contribution < 1.29 is 18.7 Å². The van der Waals surface area contributed by atoms with Crippen molar-refractivity contribution in [2.24, 2.45) is 5.92 Å². The predicted molar refractivity (Wildman–Crippen MR) is 71.1 cm³/mol. The van der Waals surface area contributed by atoms with E-state index in [1.165, 1.54) is 19.4 Å². The molecule has 0 fully saturated rings. The Morgan fingerprint density at radius 1 is 1.47 bits per heavy atom. The van der Waals surface area contributed by atoms with E-state index in [4.69, 9.17) is 4.42 Å². The molecule has 1 N–H and O–H groups in total. The molecule has 0 saturated carbocycles. The van der Waals surface area contributed by atoms with Crippen molar-refractivity contribution >= 4 is 18.0 Å². The quantitative estimate of drug-likeness (QED) is 0.631. The molecule has 104 valence electrons. The van der Waals surface area contributed by atoms with Crippen LogP contribution in [-0.4, -0.2) is 25.0 Å². The lowest BCUT2D eigenvalue weighted by Crippen LogP contribution is -2.41. The highest BCUT2D eigenvalue weighted by atomic mass is 16.5. The molecular weight excluding hydrogens is 246 g/mol. The Bertz CT molecular complexity index is 434. The van der Waals surface area contributed by atoms with Crippen molar-refractivity contribution in [3.63, 3.8) is 0 Å². The van der Waals surface area contributed by atoms with Crippen LogP contribution >= 0.6 is 0 Å². The van der Waals surface area contributed by atoms with Crippen LogP contribution in [0.4, 0.5) is 0 Å². The van der Waals surface area contributed by atoms with Crippen molar-refractivity contribution in [2.75, 3.05) is 7.11 Å². The van der Waals surface area contributed by atoms with E-state index >= 15 is 0 Å². The molecule has 0 radical (unpaired) electrons. The number of ether oxygens (including phenoxy) is 1. The van der Waals surface area contributed by atoms with E-state index in [0.29, 0.717) is 12.2 Å². The molecule has 0 aliphatic carbocycles. The van der Waals surface area contributed by atoms with E-state index < -0.39 is 12.0 Å². The minimum atomic E-state index is -0.626. The van der Waals surface area contributed by atoms with E-state index in [0.717, 1.165) is 0 Å². The molecule has 0 saturated heterocycles. The van der Waals surface area contributed by atoms with Gasteiger partial charge in [0, 0.05) is 6.08 Å². The first-order valence-corrected chi connectivity index (χ1v) is 6.13. The zero-order valence-electron chi connectivity index (χ0n) is 11.4. The molecule has 1 aromatic heterocycles. The van der Waals surface area contributed by atoms with Gasteiger partial charge in [0.25, 0.3) is 0 Å². The van der Waals surface area contributed by atoms with Gasteiger partial charge in [0.15, 0.2) is 0 Å². The first kappa shape index (κ1) is 15.0. The molecule has 0 aromatic carbocycles. The topological polar surface area (TPSA) is 68.5 Å². The third kappa shape index (κ3) is 5.42. The number of rotatable bonds is 6. The number of hydrogen-bond donors (Lipinski definition) is 1. The Kier molecular flexibility index (Phi) is 5.85. The highest BCUT2D eigenvalue weighted by molar-refractivity contribution is 5.94. The third-order valence-electron chi connectivity index (χ3n) is 2.45. The molecule has 19 heavy (non-hydrogen) atoms. The van der Waals surface area contributed by atoms with E-state index in [-0.39, 0.29) is 11.8 Å². The van der Waals surface area contributed by atoms with E-state index in [1.54, 1.807) is 18.2 Å². The van der Waals surface area contributed by atoms with Gasteiger partial charge in [0.1, 0.15) is 11.8 Å². The largest absolute Gasteiger partial charge is 0.467 e. The summed E-state index contributed by atoms with van der Waals surface area (Å²) in [6.07, 6.45) is 4.93. The average Bonchev–Trinajstić information content (AvgIpc) is 2.87. The Morgan fingerprint density at radius 2 is 2.21 bits per heavy atom. The minimum Gasteiger partial charge on any atom is -0.467 e. The fourth-order valence-electron chi connectivity index (χ4n) is 1.59. The average molecular weight is 265 g/mol. The second kappa shape index (κ2) is 7.41. The summed E-state index contributed by atoms with van der Waals surface area (Å²) in [5.74, 6) is 0.0629. The summed E-state index contributed by atoms with van der Waals surface area (Å²) in [6.45, 7) is 3.95. The zero-order valence-corrected chi connectivity index (χ0v) is 11.4. The van der Waals surface area contributed by atoms with Gasteiger partial charge in [-0.2, -0.15) is 0 Å². The molecule has 1 unspecified atom stereocenters. The summed E-state index contributed by atoms with van der Waals surface area (Å²) in [6, 6.07) is 2.84. The van der Waals surface area contributed by atoms with Gasteiger partial charge in [-0.15, -0.1) is 0 Å². The van der Waals surface area contributed by atoms with Crippen LogP contribution in [-0.2, 0) is 14.3 Å². The maximum Gasteiger partial charge on any atom is 0.328 e. The zero-order chi connectivity index (χ0) is 14.3. The fourth-order valence-corrected chi connectivity index (χ4v) is 1.59. The molecule has 1 heterocycles. The van der Waals surface area contributed by atoms with E-state index in [2.05, 4.69) is 10.1 Å². The Hall–Kier alpha value is -2.04. The lowest BCUT2D eigenvalue weighted by Gasteiger charge is -2.17. The number of carbonyl (C=O) groups excluding carboxylic acids is 2. The fraction of sp³-hybridized carbons (Fsp3) is 0.429. The number of esters is 1. The van der Waals surface area contributed by atoms with Gasteiger partial charge >= 0.3 is 5.97 Å². The number of methoxy groups -OCH3 is 1. The molecule has 0 aliphatic rings. The van der Waals surface area contributed by atoms with Gasteiger partial charge in [-0.3, -0.25) is 4.79 Å². The van der Waals surface area contributed by atoms with Crippen LogP contribution in [0.1, 0.15) is 26.0 Å². The maximum absolute atomic E-state index is 11.7. The Balaban J connectivity index is 2.58. The third-order valence-corrected chi connectivity index (χ3v) is 2.45. The SMILES string of the molecule is COC(=O)C(CC(C)C)NC(=O)/C=C/c1ccco1. The molecule has 0 aliphatic heterocycles. The summed E-state index contributed by atoms with van der Waals surface area (Å²) in [4.78, 5) is 23.2. The molecule has 1 aromatic rings. The lowest BCUT2D eigenvalue weighted by molar-refractivity contribution is -0.145. The summed E-state index contributed by atoms with van der Waals surface area (Å²) < 4.78 is 9.73. The van der Waals surface area contributed by atoms with Crippen LogP contribution in [0, 0.1) is 5.92 Å². The van der Waals surface area contributed by atoms with Crippen molar-refractivity contribution in [3.05, 3.63) is 30.2 Å². The Morgan fingerprint density at radius 3 is 2.74 bits per heavy atom. The highest BCUT2D eigenvalue weighted by Gasteiger charge is 2.21. The molecule has 5 heteroatoms. The molecule has 0 bridgehead atoms. The first-order valence-electron chi connectivity index (χ1n) is 6.13. The number of nitrogens with one attached hydrogen (secondary N) is 1. The van der Waals surface area contributed by atoms with Crippen LogP contribution in [0.2, 0.25) is 0 Å². The van der Waals surface area contributed by atoms with Crippen molar-refractivity contribution in [1.29, 1.82) is 0 Å². The van der Waals surface area contributed by atoms with Crippen LogP contribution in [0.5, 0.6) is 0 Å². The summed E-state index contributed by atoms with van der Waals surface area (Å²) in [7, 11) is 1.31. The first-order chi connectivity index (χ1) is 9.02. The van der Waals surface area contributed by atoms with Crippen LogP contribution in [0.25, 0.3) is 6.08 Å². The second-order valence-electron chi connectivity index (χ2n) is 4.56. The van der Waals surface area contributed by atoms with Crippen LogP contribution in [0.15, 0.2) is 28.9 Å². The van der Waals surface area contributed by atoms with Gasteiger partial charge in [-0.05, 0) is 30.5 Å². The van der Waals surface area contributed by atoms with Crippen molar-refractivity contribution in [2.45, 2.75) is 26.3 Å². The monoisotopic (exact) mass is 265 g/mol. The normalized spacial score (nSPS) is 12.6. The maximum atomic E-state index is 11.7. The number of carbonyl (C=O) groups is 2. The predicted octanol–water partition coefficient (Wildman–Crippen LogP) is 2.00. The van der Waals surface area contributed by atoms with Gasteiger partial charge in [-0.1, -0.05) is 13.8 Å². The van der Waals surface area contributed by atoms with E-state index in [9.17, 15) is 9.59 Å². The van der Waals surface area contributed by atoms with Gasteiger partial charge in [0.2, 0.25) is 5.91 Å². The minimum absolute atomic E-state index is 0.276. The highest BCUT2D eigenvalue weighted by Crippen LogP contribution is 2.07. The van der Waals surface area contributed by atoms with Crippen LogP contribution in [0.3, 0.4) is 0 Å². The molecule has 1 atom stereocenters. The van der Waals surface area contributed by atoms with Crippen LogP contribution < -0.4 is 5.32 Å². The second-order valence-corrected chi connectivity index (χ2v) is 4.56. The molecular formula is C14H19NO4. The van der Waals surface area contributed by atoms with Gasteiger partial charge in [-0.25, -0.2) is 4.79 Å². The summed E-state index contributed by atoms with van der Waals surface area (Å²) >= 11 is 0. The standard InChI is InChI=1S/C14H19NO4/c1-10(2)9-12(14(17)18-3)15-13(16)7-6-11-5-4-8-19-11/h4-8,10,12H,9H2,1-3H3,(H,15,16)/b7-6+. The smallest absolute Gasteiger partial charge is 0.328 e. The molecule has 5 nitrogen and oxygen atoms in total. The number of furan rings is 1. The lowest BCUT2D eigenvalue weighted by atomic mass is 10.0. The number of hydrogen-bond acceptors (Lipinski definition) is 4. The van der Waals surface area contributed by atoms with Crippen molar-refractivity contribution in [1.82, 2.24) is 5.32 Å². The van der Waals surface area contributed by atoms with Crippen molar-refractivity contribution in [3.8, 4) is 0 Å². The number of amides is 1. The molecule has 1 rings (SSSR count). The summed E-state index contributed by atoms with van der Waals surface area (Å²) in [5, 5.41) is 2.62. The Labute approximate surface area is 112 Å². The summed E-state index contributed by atoms with van der Waals surface area (Å²) in [5.41, 5.74) is 0. The van der Waals surface area contributed by atoms with Gasteiger partial charge in [0.05, 0.1) is 13.4 Å². The van der Waals surface area contributed by atoms with Gasteiger partial charge < -0.3 is 14.5 Å². The molecule has 0 spiro atoms. The molecule has 1 amide bonds. The van der Waals surface area contributed by atoms with E-state index in [1.807, 2.05) is 13.8 Å².